The lowest BCUT2D eigenvalue weighted by atomic mass is 9.78. The van der Waals surface area contributed by atoms with E-state index in [4.69, 9.17) is 10.5 Å². The summed E-state index contributed by atoms with van der Waals surface area (Å²) in [6.07, 6.45) is 2.55. The molecule has 0 atom stereocenters. The molecule has 0 amide bonds. The summed E-state index contributed by atoms with van der Waals surface area (Å²) < 4.78 is 5.16. The topological polar surface area (TPSA) is 119 Å². The zero-order valence-corrected chi connectivity index (χ0v) is 17.0. The minimum absolute atomic E-state index is 0. The highest BCUT2D eigenvalue weighted by atomic mass is 35.5. The van der Waals surface area contributed by atoms with Gasteiger partial charge in [0.1, 0.15) is 18.2 Å². The van der Waals surface area contributed by atoms with Crippen LogP contribution in [-0.2, 0) is 17.8 Å². The number of aromatic amines is 1. The average molecular weight is 417 g/mol. The van der Waals surface area contributed by atoms with Crippen molar-refractivity contribution in [3.63, 3.8) is 0 Å². The number of rotatable bonds is 7. The Kier molecular flexibility index (Phi) is 9.11. The molecule has 1 aliphatic carbocycles. The third-order valence-corrected chi connectivity index (χ3v) is 4.26. The van der Waals surface area contributed by atoms with Crippen molar-refractivity contribution in [3.05, 3.63) is 45.5 Å². The van der Waals surface area contributed by atoms with Gasteiger partial charge in [-0.15, -0.1) is 24.8 Å². The number of methoxy groups -OCH3 is 1. The number of halogens is 2. The fourth-order valence-electron chi connectivity index (χ4n) is 3.00. The molecule has 10 heteroatoms. The van der Waals surface area contributed by atoms with Gasteiger partial charge < -0.3 is 20.8 Å². The minimum Gasteiger partial charge on any atom is -0.377 e. The highest BCUT2D eigenvalue weighted by Crippen LogP contribution is 2.35. The largest absolute Gasteiger partial charge is 0.377 e. The van der Waals surface area contributed by atoms with Gasteiger partial charge in [0.25, 0.3) is 5.56 Å². The number of nitrogens with two attached hydrogens (primary N) is 1. The summed E-state index contributed by atoms with van der Waals surface area (Å²) >= 11 is 0. The van der Waals surface area contributed by atoms with Crippen LogP contribution in [0, 0.1) is 6.92 Å². The van der Waals surface area contributed by atoms with E-state index in [0.29, 0.717) is 37.1 Å². The summed E-state index contributed by atoms with van der Waals surface area (Å²) in [5.74, 6) is 2.44. The lowest BCUT2D eigenvalue weighted by Gasteiger charge is -2.32. The standard InChI is InChI=1S/C17H24N6O2.2ClH/c1-10-20-13(7-17(24)21-10)3-4-19-15-8-14(11-5-12(18)6-11)22-16(23-15)9-25-2;;/h7-8,11-12H,3-6,9,18H2,1-2H3,(H,19,22,23)(H,20,21,24);2*1H. The molecule has 1 aliphatic rings. The van der Waals surface area contributed by atoms with Gasteiger partial charge in [-0.25, -0.2) is 15.0 Å². The molecule has 3 rings (SSSR count). The van der Waals surface area contributed by atoms with E-state index in [-0.39, 0.29) is 36.4 Å². The van der Waals surface area contributed by atoms with Crippen molar-refractivity contribution in [3.8, 4) is 0 Å². The highest BCUT2D eigenvalue weighted by molar-refractivity contribution is 5.85. The average Bonchev–Trinajstić information content (AvgIpc) is 2.51. The second kappa shape index (κ2) is 10.6. The Morgan fingerprint density at radius 3 is 2.63 bits per heavy atom. The number of hydrogen-bond donors (Lipinski definition) is 3. The summed E-state index contributed by atoms with van der Waals surface area (Å²) in [6.45, 7) is 2.77. The summed E-state index contributed by atoms with van der Waals surface area (Å²) in [6, 6.07) is 3.77. The molecule has 0 aromatic carbocycles. The highest BCUT2D eigenvalue weighted by Gasteiger charge is 2.29. The Labute approximate surface area is 170 Å². The van der Waals surface area contributed by atoms with Gasteiger partial charge in [0.2, 0.25) is 0 Å². The summed E-state index contributed by atoms with van der Waals surface area (Å²) in [4.78, 5) is 27.5. The van der Waals surface area contributed by atoms with E-state index in [0.717, 1.165) is 30.0 Å². The fraction of sp³-hybridized carbons (Fsp3) is 0.529. The molecule has 8 nitrogen and oxygen atoms in total. The van der Waals surface area contributed by atoms with Gasteiger partial charge in [-0.2, -0.15) is 0 Å². The van der Waals surface area contributed by atoms with Crippen LogP contribution in [0.25, 0.3) is 0 Å². The predicted octanol–water partition coefficient (Wildman–Crippen LogP) is 1.72. The number of aryl methyl sites for hydroxylation is 1. The lowest BCUT2D eigenvalue weighted by molar-refractivity contribution is 0.177. The van der Waals surface area contributed by atoms with E-state index in [2.05, 4.69) is 25.3 Å². The molecule has 0 saturated heterocycles. The number of H-pyrrole nitrogens is 1. The van der Waals surface area contributed by atoms with Gasteiger partial charge >= 0.3 is 0 Å². The summed E-state index contributed by atoms with van der Waals surface area (Å²) in [5, 5.41) is 3.30. The SMILES string of the molecule is COCc1nc(NCCc2cc(=O)[nH]c(C)n2)cc(C2CC(N)C2)n1.Cl.Cl. The van der Waals surface area contributed by atoms with Gasteiger partial charge in [-0.05, 0) is 19.8 Å². The summed E-state index contributed by atoms with van der Waals surface area (Å²) in [7, 11) is 1.63. The number of nitrogens with one attached hydrogen (secondary N) is 2. The van der Waals surface area contributed by atoms with Crippen LogP contribution < -0.4 is 16.6 Å². The Morgan fingerprint density at radius 2 is 2.00 bits per heavy atom. The van der Waals surface area contributed by atoms with Crippen molar-refractivity contribution >= 4 is 30.6 Å². The zero-order chi connectivity index (χ0) is 17.8. The van der Waals surface area contributed by atoms with E-state index < -0.39 is 0 Å². The molecule has 1 saturated carbocycles. The first-order chi connectivity index (χ1) is 12.0. The molecule has 2 heterocycles. The molecule has 0 spiro atoms. The number of aromatic nitrogens is 4. The van der Waals surface area contributed by atoms with E-state index >= 15 is 0 Å². The molecule has 150 valence electrons. The molecular weight excluding hydrogens is 391 g/mol. The van der Waals surface area contributed by atoms with Crippen LogP contribution >= 0.6 is 24.8 Å². The van der Waals surface area contributed by atoms with Crippen LogP contribution in [0.15, 0.2) is 16.9 Å². The number of ether oxygens (including phenoxy) is 1. The Balaban J connectivity index is 0.00000182. The maximum absolute atomic E-state index is 11.5. The van der Waals surface area contributed by atoms with Crippen molar-refractivity contribution in [1.29, 1.82) is 0 Å². The Morgan fingerprint density at radius 1 is 1.26 bits per heavy atom. The van der Waals surface area contributed by atoms with Crippen molar-refractivity contribution in [2.24, 2.45) is 5.73 Å². The minimum atomic E-state index is -0.129. The first-order valence-electron chi connectivity index (χ1n) is 8.46. The van der Waals surface area contributed by atoms with Crippen LogP contribution in [0.4, 0.5) is 5.82 Å². The third kappa shape index (κ3) is 6.42. The molecule has 1 fully saturated rings. The van der Waals surface area contributed by atoms with Crippen molar-refractivity contribution in [1.82, 2.24) is 19.9 Å². The van der Waals surface area contributed by atoms with E-state index in [1.54, 1.807) is 14.0 Å². The predicted molar refractivity (Wildman–Crippen MR) is 109 cm³/mol. The second-order valence-electron chi connectivity index (χ2n) is 6.45. The molecule has 2 aromatic heterocycles. The molecule has 27 heavy (non-hydrogen) atoms. The van der Waals surface area contributed by atoms with Crippen LogP contribution in [0.5, 0.6) is 0 Å². The van der Waals surface area contributed by atoms with Gasteiger partial charge in [0, 0.05) is 55.6 Å². The smallest absolute Gasteiger partial charge is 0.251 e. The first kappa shape index (κ1) is 23.3. The van der Waals surface area contributed by atoms with Crippen molar-refractivity contribution < 1.29 is 4.74 Å². The maximum atomic E-state index is 11.5. The molecule has 0 unspecified atom stereocenters. The van der Waals surface area contributed by atoms with Crippen LogP contribution in [0.3, 0.4) is 0 Å². The first-order valence-corrected chi connectivity index (χ1v) is 8.46. The lowest BCUT2D eigenvalue weighted by Crippen LogP contribution is -2.35. The van der Waals surface area contributed by atoms with Crippen LogP contribution in [0.1, 0.15) is 41.8 Å². The van der Waals surface area contributed by atoms with E-state index in [9.17, 15) is 4.79 Å². The van der Waals surface area contributed by atoms with E-state index in [1.165, 1.54) is 6.07 Å². The van der Waals surface area contributed by atoms with E-state index in [1.807, 2.05) is 6.07 Å². The van der Waals surface area contributed by atoms with Crippen LogP contribution in [-0.4, -0.2) is 39.6 Å². The molecule has 0 aliphatic heterocycles. The van der Waals surface area contributed by atoms with Gasteiger partial charge in [0.05, 0.1) is 0 Å². The Hall–Kier alpha value is -1.74. The second-order valence-corrected chi connectivity index (χ2v) is 6.45. The normalized spacial score (nSPS) is 18.0. The van der Waals surface area contributed by atoms with Crippen molar-refractivity contribution in [2.75, 3.05) is 19.0 Å². The third-order valence-electron chi connectivity index (χ3n) is 4.26. The molecule has 0 bridgehead atoms. The van der Waals surface area contributed by atoms with Gasteiger partial charge in [-0.3, -0.25) is 4.79 Å². The fourth-order valence-corrected chi connectivity index (χ4v) is 3.00. The quantitative estimate of drug-likeness (QED) is 0.628. The molecule has 0 radical (unpaired) electrons. The molecule has 4 N–H and O–H groups in total. The van der Waals surface area contributed by atoms with Crippen molar-refractivity contribution in [2.45, 2.75) is 44.8 Å². The summed E-state index contributed by atoms with van der Waals surface area (Å²) in [5.41, 5.74) is 7.53. The monoisotopic (exact) mass is 416 g/mol. The number of anilines is 1. The van der Waals surface area contributed by atoms with Gasteiger partial charge in [0.15, 0.2) is 5.82 Å². The van der Waals surface area contributed by atoms with Gasteiger partial charge in [-0.1, -0.05) is 0 Å². The molecular formula is C17H26Cl2N6O2. The Bertz CT molecular complexity index is 795. The maximum Gasteiger partial charge on any atom is 0.251 e. The van der Waals surface area contributed by atoms with Crippen LogP contribution in [0.2, 0.25) is 0 Å². The molecule has 2 aromatic rings. The number of hydrogen-bond acceptors (Lipinski definition) is 7. The zero-order valence-electron chi connectivity index (χ0n) is 15.4. The number of nitrogens with zero attached hydrogens (tertiary/aromatic N) is 3.